The first-order valence-corrected chi connectivity index (χ1v) is 19.8. The zero-order valence-electron chi connectivity index (χ0n) is 33.9. The van der Waals surface area contributed by atoms with Crippen LogP contribution < -0.4 is 0 Å². The third-order valence-electron chi connectivity index (χ3n) is 10.3. The minimum Gasteiger partial charge on any atom is -0.0989 e. The number of benzene rings is 2. The van der Waals surface area contributed by atoms with Gasteiger partial charge in [0.05, 0.1) is 0 Å². The van der Waals surface area contributed by atoms with Gasteiger partial charge >= 0.3 is 0 Å². The summed E-state index contributed by atoms with van der Waals surface area (Å²) < 4.78 is 0. The molecule has 0 amide bonds. The van der Waals surface area contributed by atoms with Gasteiger partial charge in [-0.1, -0.05) is 222 Å². The first-order valence-electron chi connectivity index (χ1n) is 19.8. The molecule has 0 radical (unpaired) electrons. The monoisotopic (exact) mass is 643 g/mol. The lowest BCUT2D eigenvalue weighted by atomic mass is 9.69. The highest BCUT2D eigenvalue weighted by Crippen LogP contribution is 2.45. The van der Waals surface area contributed by atoms with Gasteiger partial charge in [0.1, 0.15) is 0 Å². The van der Waals surface area contributed by atoms with Crippen molar-refractivity contribution in [1.29, 1.82) is 0 Å². The molecule has 0 heteroatoms. The molecule has 2 aromatic carbocycles. The lowest BCUT2D eigenvalue weighted by Crippen LogP contribution is -2.23. The zero-order chi connectivity index (χ0) is 35.5. The molecule has 0 heterocycles. The average molecular weight is 643 g/mol. The molecule has 0 unspecified atom stereocenters. The van der Waals surface area contributed by atoms with Crippen molar-refractivity contribution in [2.75, 3.05) is 0 Å². The summed E-state index contributed by atoms with van der Waals surface area (Å²) in [7, 11) is 0. The fourth-order valence-corrected chi connectivity index (χ4v) is 7.15. The molecule has 0 N–H and O–H groups in total. The Morgan fingerprint density at radius 1 is 0.468 bits per heavy atom. The van der Waals surface area contributed by atoms with E-state index in [9.17, 15) is 0 Å². The maximum Gasteiger partial charge on any atom is 0.0302 e. The van der Waals surface area contributed by atoms with Crippen LogP contribution in [0.15, 0.2) is 48.6 Å². The van der Waals surface area contributed by atoms with Crippen molar-refractivity contribution in [3.63, 3.8) is 0 Å². The van der Waals surface area contributed by atoms with Gasteiger partial charge in [-0.3, -0.25) is 0 Å². The smallest absolute Gasteiger partial charge is 0.0302 e. The van der Waals surface area contributed by atoms with Crippen LogP contribution in [-0.4, -0.2) is 0 Å². The Morgan fingerprint density at radius 3 is 1.09 bits per heavy atom. The van der Waals surface area contributed by atoms with Gasteiger partial charge < -0.3 is 0 Å². The highest BCUT2D eigenvalue weighted by molar-refractivity contribution is 5.53. The van der Waals surface area contributed by atoms with E-state index in [0.29, 0.717) is 0 Å². The van der Waals surface area contributed by atoms with Crippen molar-refractivity contribution in [2.45, 2.75) is 214 Å². The van der Waals surface area contributed by atoms with E-state index in [0.717, 1.165) is 6.42 Å². The van der Waals surface area contributed by atoms with Gasteiger partial charge in [0.2, 0.25) is 0 Å². The predicted molar refractivity (Wildman–Crippen MR) is 214 cm³/mol. The van der Waals surface area contributed by atoms with Crippen LogP contribution in [0.3, 0.4) is 0 Å². The molecular formula is C47H78. The number of hydrogen-bond acceptors (Lipinski definition) is 0. The van der Waals surface area contributed by atoms with Crippen LogP contribution in [0.5, 0.6) is 0 Å². The Labute approximate surface area is 295 Å². The van der Waals surface area contributed by atoms with Gasteiger partial charge in [0.15, 0.2) is 0 Å². The quantitative estimate of drug-likeness (QED) is 0.112. The molecule has 0 aromatic heterocycles. The first-order chi connectivity index (χ1) is 21.8. The van der Waals surface area contributed by atoms with Crippen LogP contribution >= 0.6 is 0 Å². The Hall–Kier alpha value is -1.82. The summed E-state index contributed by atoms with van der Waals surface area (Å²) >= 11 is 0. The Balaban J connectivity index is 2.26. The van der Waals surface area contributed by atoms with Crippen LogP contribution in [0.2, 0.25) is 0 Å². The maximum absolute atomic E-state index is 4.90. The van der Waals surface area contributed by atoms with Crippen molar-refractivity contribution in [2.24, 2.45) is 0 Å². The first kappa shape index (κ1) is 41.4. The van der Waals surface area contributed by atoms with Gasteiger partial charge in [-0.25, -0.2) is 0 Å². The molecule has 0 saturated carbocycles. The van der Waals surface area contributed by atoms with Gasteiger partial charge in [-0.05, 0) is 67.9 Å². The molecule has 0 spiro atoms. The van der Waals surface area contributed by atoms with Crippen LogP contribution in [0.4, 0.5) is 0 Å². The van der Waals surface area contributed by atoms with E-state index in [2.05, 4.69) is 126 Å². The number of allylic oxidation sites excluding steroid dienone is 1. The molecule has 0 aliphatic carbocycles. The van der Waals surface area contributed by atoms with E-state index in [-0.39, 0.29) is 27.6 Å². The topological polar surface area (TPSA) is 0 Å². The predicted octanol–water partition coefficient (Wildman–Crippen LogP) is 15.4. The molecule has 0 aliphatic rings. The van der Waals surface area contributed by atoms with E-state index in [1.807, 2.05) is 0 Å². The molecule has 0 nitrogen and oxygen atoms in total. The highest BCUT2D eigenvalue weighted by atomic mass is 14.4. The summed E-state index contributed by atoms with van der Waals surface area (Å²) in [5.74, 6) is 0.198. The molecular weight excluding hydrogens is 565 g/mol. The summed E-state index contributed by atoms with van der Waals surface area (Å²) in [6.07, 6.45) is 20.6. The molecule has 47 heavy (non-hydrogen) atoms. The standard InChI is InChI=1S/C47H78/c1-15-16-17-18-19-20-21-22-23-24-25-26-27-28-29-36(2)43(39-32-30-37(44(3,4)5)34-41(39)46(9,10)11)40-33-31-38(45(6,7)8)35-42(40)47(12,13)14/h30-35,43H,2,15-29H2,1,3-14H3. The fourth-order valence-electron chi connectivity index (χ4n) is 7.15. The summed E-state index contributed by atoms with van der Waals surface area (Å²) in [5.41, 5.74) is 10.4. The molecule has 2 aromatic rings. The highest BCUT2D eigenvalue weighted by Gasteiger charge is 2.32. The second-order valence-corrected chi connectivity index (χ2v) is 19.0. The van der Waals surface area contributed by atoms with Crippen LogP contribution in [-0.2, 0) is 21.7 Å². The lowest BCUT2D eigenvalue weighted by Gasteiger charge is -2.35. The minimum absolute atomic E-state index is 0.0391. The van der Waals surface area contributed by atoms with Gasteiger partial charge in [0, 0.05) is 5.92 Å². The van der Waals surface area contributed by atoms with Crippen molar-refractivity contribution in [3.05, 3.63) is 81.9 Å². The normalized spacial score (nSPS) is 13.1. The molecule has 0 atom stereocenters. The Bertz CT molecular complexity index is 1140. The van der Waals surface area contributed by atoms with Crippen LogP contribution in [0.25, 0.3) is 0 Å². The molecule has 0 fully saturated rings. The second kappa shape index (κ2) is 18.3. The lowest BCUT2D eigenvalue weighted by molar-refractivity contribution is 0.533. The van der Waals surface area contributed by atoms with Crippen molar-refractivity contribution < 1.29 is 0 Å². The van der Waals surface area contributed by atoms with Crippen LogP contribution in [0.1, 0.15) is 226 Å². The SMILES string of the molecule is C=C(CCCCCCCCCCCCCCCC)C(c1ccc(C(C)(C)C)cc1C(C)(C)C)c1ccc(C(C)(C)C)cc1C(C)(C)C. The number of rotatable bonds is 18. The zero-order valence-corrected chi connectivity index (χ0v) is 33.9. The summed E-state index contributed by atoms with van der Waals surface area (Å²) in [6.45, 7) is 35.5. The maximum atomic E-state index is 4.90. The van der Waals surface area contributed by atoms with Crippen molar-refractivity contribution in [3.8, 4) is 0 Å². The minimum atomic E-state index is 0.0391. The van der Waals surface area contributed by atoms with E-state index in [1.165, 1.54) is 129 Å². The van der Waals surface area contributed by atoms with E-state index in [4.69, 9.17) is 6.58 Å². The second-order valence-electron chi connectivity index (χ2n) is 19.0. The third-order valence-corrected chi connectivity index (χ3v) is 10.3. The summed E-state index contributed by atoms with van der Waals surface area (Å²) in [4.78, 5) is 0. The Kier molecular flexibility index (Phi) is 16.1. The largest absolute Gasteiger partial charge is 0.0989 e. The van der Waals surface area contributed by atoms with Gasteiger partial charge in [0.25, 0.3) is 0 Å². The fraction of sp³-hybridized carbons (Fsp3) is 0.702. The third kappa shape index (κ3) is 13.5. The van der Waals surface area contributed by atoms with Crippen LogP contribution in [0, 0.1) is 0 Å². The molecule has 0 bridgehead atoms. The van der Waals surface area contributed by atoms with Gasteiger partial charge in [-0.15, -0.1) is 0 Å². The van der Waals surface area contributed by atoms with E-state index < -0.39 is 0 Å². The molecule has 0 saturated heterocycles. The van der Waals surface area contributed by atoms with E-state index in [1.54, 1.807) is 0 Å². The van der Waals surface area contributed by atoms with E-state index >= 15 is 0 Å². The van der Waals surface area contributed by atoms with Gasteiger partial charge in [-0.2, -0.15) is 0 Å². The summed E-state index contributed by atoms with van der Waals surface area (Å²) in [6, 6.07) is 14.8. The number of hydrogen-bond donors (Lipinski definition) is 0. The Morgan fingerprint density at radius 2 is 0.787 bits per heavy atom. The van der Waals surface area contributed by atoms with Crippen molar-refractivity contribution >= 4 is 0 Å². The molecule has 266 valence electrons. The summed E-state index contributed by atoms with van der Waals surface area (Å²) in [5, 5.41) is 0. The van der Waals surface area contributed by atoms with Crippen molar-refractivity contribution in [1.82, 2.24) is 0 Å². The molecule has 2 rings (SSSR count). The molecule has 0 aliphatic heterocycles. The number of unbranched alkanes of at least 4 members (excludes halogenated alkanes) is 13. The average Bonchev–Trinajstić information content (AvgIpc) is 2.95.